The molecule has 10 heteroatoms. The molecule has 0 aliphatic carbocycles. The number of carbonyl (C=O) groups is 3. The molecule has 34 heavy (non-hydrogen) atoms. The van der Waals surface area contributed by atoms with Gasteiger partial charge in [0.05, 0.1) is 15.7 Å². The summed E-state index contributed by atoms with van der Waals surface area (Å²) >= 11 is 22.0. The first-order valence-corrected chi connectivity index (χ1v) is 11.7. The molecule has 3 aromatic carbocycles. The number of hydrogen-bond donors (Lipinski definition) is 1. The summed E-state index contributed by atoms with van der Waals surface area (Å²) in [5, 5.41) is 3.12. The minimum Gasteiger partial charge on any atom is -0.486 e. The number of carbonyl (C=O) groups excluding carboxylic acids is 3. The molecule has 1 aliphatic heterocycles. The third-order valence-electron chi connectivity index (χ3n) is 4.79. The number of hydrogen-bond acceptors (Lipinski definition) is 4. The Labute approximate surface area is 218 Å². The zero-order chi connectivity index (χ0) is 24.4. The highest BCUT2D eigenvalue weighted by Gasteiger charge is 2.36. The minimum atomic E-state index is -0.838. The number of amides is 4. The van der Waals surface area contributed by atoms with Crippen LogP contribution in [0.5, 0.6) is 5.75 Å². The van der Waals surface area contributed by atoms with Crippen molar-refractivity contribution < 1.29 is 19.1 Å². The molecule has 4 rings (SSSR count). The Balaban J connectivity index is 1.60. The van der Waals surface area contributed by atoms with Crippen LogP contribution in [-0.4, -0.2) is 17.8 Å². The topological polar surface area (TPSA) is 75.7 Å². The van der Waals surface area contributed by atoms with E-state index in [0.29, 0.717) is 16.3 Å². The Morgan fingerprint density at radius 3 is 2.26 bits per heavy atom. The van der Waals surface area contributed by atoms with Crippen LogP contribution in [0.25, 0.3) is 6.08 Å². The first-order valence-electron chi connectivity index (χ1n) is 9.76. The summed E-state index contributed by atoms with van der Waals surface area (Å²) in [5.41, 5.74) is 1.27. The van der Waals surface area contributed by atoms with Crippen LogP contribution in [0.1, 0.15) is 11.1 Å². The van der Waals surface area contributed by atoms with Crippen molar-refractivity contribution in [1.82, 2.24) is 5.32 Å². The van der Waals surface area contributed by atoms with Crippen LogP contribution in [0.2, 0.25) is 15.1 Å². The Kier molecular flexibility index (Phi) is 7.28. The van der Waals surface area contributed by atoms with E-state index in [1.165, 1.54) is 18.2 Å². The molecule has 0 bridgehead atoms. The molecule has 172 valence electrons. The van der Waals surface area contributed by atoms with Crippen LogP contribution < -0.4 is 15.0 Å². The monoisotopic (exact) mass is 578 g/mol. The first-order chi connectivity index (χ1) is 16.2. The van der Waals surface area contributed by atoms with Gasteiger partial charge in [-0.05, 0) is 65.7 Å². The molecule has 0 unspecified atom stereocenters. The lowest BCUT2D eigenvalue weighted by atomic mass is 10.1. The van der Waals surface area contributed by atoms with Crippen molar-refractivity contribution in [3.8, 4) is 5.75 Å². The fourth-order valence-corrected chi connectivity index (χ4v) is 4.32. The highest BCUT2D eigenvalue weighted by molar-refractivity contribution is 9.10. The summed E-state index contributed by atoms with van der Waals surface area (Å²) in [6.45, 7) is 0.186. The van der Waals surface area contributed by atoms with Crippen molar-refractivity contribution >= 4 is 80.3 Å². The van der Waals surface area contributed by atoms with Gasteiger partial charge in [-0.3, -0.25) is 14.9 Å². The average Bonchev–Trinajstić information content (AvgIpc) is 2.77. The van der Waals surface area contributed by atoms with E-state index in [-0.39, 0.29) is 28.0 Å². The Hall–Kier alpha value is -2.84. The summed E-state index contributed by atoms with van der Waals surface area (Å²) in [6, 6.07) is 15.8. The molecule has 1 saturated heterocycles. The molecule has 3 aromatic rings. The third-order valence-corrected chi connectivity index (χ3v) is 6.12. The van der Waals surface area contributed by atoms with E-state index < -0.39 is 17.8 Å². The molecule has 6 nitrogen and oxygen atoms in total. The minimum absolute atomic E-state index is 0.186. The second kappa shape index (κ2) is 10.2. The number of benzene rings is 3. The van der Waals surface area contributed by atoms with Gasteiger partial charge in [0, 0.05) is 9.50 Å². The van der Waals surface area contributed by atoms with Crippen molar-refractivity contribution in [3.05, 3.63) is 96.9 Å². The van der Waals surface area contributed by atoms with Gasteiger partial charge in [-0.25, -0.2) is 9.69 Å². The molecule has 0 atom stereocenters. The highest BCUT2D eigenvalue weighted by Crippen LogP contribution is 2.36. The van der Waals surface area contributed by atoms with E-state index >= 15 is 0 Å². The molecule has 0 aromatic heterocycles. The highest BCUT2D eigenvalue weighted by atomic mass is 79.9. The van der Waals surface area contributed by atoms with E-state index in [0.717, 1.165) is 14.9 Å². The largest absolute Gasteiger partial charge is 0.486 e. The van der Waals surface area contributed by atoms with Gasteiger partial charge >= 0.3 is 6.03 Å². The van der Waals surface area contributed by atoms with Crippen LogP contribution in [0.4, 0.5) is 10.5 Å². The SMILES string of the molecule is O=C1NC(=O)N(c2ccc(Br)cc2)C(=O)/C1=C/c1cc(Cl)c(OCc2cccc(Cl)c2)c(Cl)c1. The van der Waals surface area contributed by atoms with Crippen molar-refractivity contribution in [1.29, 1.82) is 0 Å². The molecule has 0 saturated carbocycles. The number of rotatable bonds is 5. The van der Waals surface area contributed by atoms with Crippen LogP contribution in [-0.2, 0) is 16.2 Å². The van der Waals surface area contributed by atoms with Gasteiger partial charge in [-0.1, -0.05) is 62.9 Å². The Morgan fingerprint density at radius 2 is 1.62 bits per heavy atom. The smallest absolute Gasteiger partial charge is 0.335 e. The predicted octanol–water partition coefficient (Wildman–Crippen LogP) is 6.65. The normalized spacial score (nSPS) is 15.0. The second-order valence-corrected chi connectivity index (χ2v) is 9.33. The van der Waals surface area contributed by atoms with E-state index in [2.05, 4.69) is 21.2 Å². The molecule has 1 N–H and O–H groups in total. The summed E-state index contributed by atoms with van der Waals surface area (Å²) in [6.07, 6.45) is 1.31. The van der Waals surface area contributed by atoms with Crippen molar-refractivity contribution in [2.45, 2.75) is 6.61 Å². The molecular weight excluding hydrogens is 567 g/mol. The summed E-state index contributed by atoms with van der Waals surface area (Å²) in [5.74, 6) is -1.35. The van der Waals surface area contributed by atoms with Crippen LogP contribution in [0.15, 0.2) is 70.7 Å². The van der Waals surface area contributed by atoms with Crippen molar-refractivity contribution in [2.75, 3.05) is 4.90 Å². The van der Waals surface area contributed by atoms with Gasteiger partial charge < -0.3 is 4.74 Å². The molecule has 0 radical (unpaired) electrons. The summed E-state index contributed by atoms with van der Waals surface area (Å²) < 4.78 is 6.52. The van der Waals surface area contributed by atoms with Gasteiger partial charge in [0.25, 0.3) is 11.8 Å². The van der Waals surface area contributed by atoms with Gasteiger partial charge in [0.1, 0.15) is 12.2 Å². The van der Waals surface area contributed by atoms with Crippen LogP contribution in [0.3, 0.4) is 0 Å². The summed E-state index contributed by atoms with van der Waals surface area (Å²) in [7, 11) is 0. The lowest BCUT2D eigenvalue weighted by Crippen LogP contribution is -2.54. The lowest BCUT2D eigenvalue weighted by molar-refractivity contribution is -0.122. The van der Waals surface area contributed by atoms with Crippen LogP contribution >= 0.6 is 50.7 Å². The zero-order valence-electron chi connectivity index (χ0n) is 17.2. The maximum atomic E-state index is 13.0. The number of urea groups is 1. The van der Waals surface area contributed by atoms with Gasteiger partial charge in [0.15, 0.2) is 5.75 Å². The maximum Gasteiger partial charge on any atom is 0.335 e. The number of barbiturate groups is 1. The van der Waals surface area contributed by atoms with Gasteiger partial charge in [-0.2, -0.15) is 0 Å². The number of anilines is 1. The van der Waals surface area contributed by atoms with E-state index in [1.807, 2.05) is 6.07 Å². The number of nitrogens with zero attached hydrogens (tertiary/aromatic N) is 1. The molecule has 1 aliphatic rings. The third kappa shape index (κ3) is 5.28. The first kappa shape index (κ1) is 24.3. The predicted molar refractivity (Wildman–Crippen MR) is 135 cm³/mol. The number of imide groups is 2. The van der Waals surface area contributed by atoms with E-state index in [9.17, 15) is 14.4 Å². The average molecular weight is 581 g/mol. The maximum absolute atomic E-state index is 13.0. The van der Waals surface area contributed by atoms with Crippen molar-refractivity contribution in [3.63, 3.8) is 0 Å². The number of ether oxygens (including phenoxy) is 1. The van der Waals surface area contributed by atoms with Crippen LogP contribution in [0, 0.1) is 0 Å². The molecular formula is C24H14BrCl3N2O4. The number of halogens is 4. The van der Waals surface area contributed by atoms with E-state index in [4.69, 9.17) is 39.5 Å². The Morgan fingerprint density at radius 1 is 0.941 bits per heavy atom. The van der Waals surface area contributed by atoms with Crippen molar-refractivity contribution in [2.24, 2.45) is 0 Å². The Bertz CT molecular complexity index is 1320. The molecule has 0 spiro atoms. The lowest BCUT2D eigenvalue weighted by Gasteiger charge is -2.26. The standard InChI is InChI=1S/C24H14BrCl3N2O4/c25-15-4-6-17(7-5-15)30-23(32)18(22(31)29-24(30)33)9-14-10-19(27)21(20(28)11-14)34-12-13-2-1-3-16(26)8-13/h1-11H,12H2,(H,29,31,33)/b18-9+. The fourth-order valence-electron chi connectivity index (χ4n) is 3.23. The van der Waals surface area contributed by atoms with Gasteiger partial charge in [0.2, 0.25) is 0 Å². The molecule has 1 heterocycles. The zero-order valence-corrected chi connectivity index (χ0v) is 21.0. The van der Waals surface area contributed by atoms with Gasteiger partial charge in [-0.15, -0.1) is 0 Å². The second-order valence-electron chi connectivity index (χ2n) is 7.17. The fraction of sp³-hybridized carbons (Fsp3) is 0.0417. The van der Waals surface area contributed by atoms with E-state index in [1.54, 1.807) is 42.5 Å². The molecule has 4 amide bonds. The summed E-state index contributed by atoms with van der Waals surface area (Å²) in [4.78, 5) is 38.6. The number of nitrogens with one attached hydrogen (secondary N) is 1. The molecule has 1 fully saturated rings. The quantitative estimate of drug-likeness (QED) is 0.271.